The molecule has 0 saturated heterocycles. The van der Waals surface area contributed by atoms with Gasteiger partial charge in [-0.15, -0.1) is 0 Å². The lowest BCUT2D eigenvalue weighted by Gasteiger charge is -2.04. The molecule has 5 nitrogen and oxygen atoms in total. The lowest BCUT2D eigenvalue weighted by molar-refractivity contribution is 0.0607. The highest BCUT2D eigenvalue weighted by Crippen LogP contribution is 2.15. The predicted molar refractivity (Wildman–Crippen MR) is 81.1 cm³/mol. The molecule has 1 heterocycles. The summed E-state index contributed by atoms with van der Waals surface area (Å²) in [5.41, 5.74) is 4.32. The van der Waals surface area contributed by atoms with Gasteiger partial charge >= 0.3 is 5.97 Å². The number of carboxylic acids is 1. The van der Waals surface area contributed by atoms with Crippen LogP contribution in [0.1, 0.15) is 22.8 Å². The molecule has 1 aliphatic heterocycles. The Kier molecular flexibility index (Phi) is 5.21. The summed E-state index contributed by atoms with van der Waals surface area (Å²) in [6, 6.07) is 6.42. The maximum Gasteiger partial charge on any atom is 0.335 e. The fraction of sp³-hybridized carbons (Fsp3) is 0.125. The average Bonchev–Trinajstić information content (AvgIpc) is 3.01. The van der Waals surface area contributed by atoms with Gasteiger partial charge in [-0.1, -0.05) is 30.4 Å². The second-order valence-corrected chi connectivity index (χ2v) is 4.55. The van der Waals surface area contributed by atoms with Gasteiger partial charge in [-0.3, -0.25) is 0 Å². The number of amidine groups is 1. The minimum Gasteiger partial charge on any atom is -0.478 e. The first-order valence-electron chi connectivity index (χ1n) is 6.55. The first-order chi connectivity index (χ1) is 10.6. The molecule has 0 aromatic heterocycles. The third-order valence-corrected chi connectivity index (χ3v) is 2.94. The van der Waals surface area contributed by atoms with E-state index >= 15 is 0 Å². The summed E-state index contributed by atoms with van der Waals surface area (Å²) >= 11 is 0. The number of carboxylic acid groups (broad SMARTS) is 1. The molecular weight excluding hydrogens is 287 g/mol. The van der Waals surface area contributed by atoms with E-state index in [2.05, 4.69) is 10.5 Å². The summed E-state index contributed by atoms with van der Waals surface area (Å²) in [5.74, 6) is -0.534. The molecule has 114 valence electrons. The zero-order valence-electron chi connectivity index (χ0n) is 11.9. The zero-order valence-corrected chi connectivity index (χ0v) is 11.9. The minimum atomic E-state index is -1.000. The highest BCUT2D eigenvalue weighted by molar-refractivity contribution is 6.01. The van der Waals surface area contributed by atoms with Crippen LogP contribution < -0.4 is 5.48 Å². The number of carbonyl (C=O) groups is 1. The first-order valence-corrected chi connectivity index (χ1v) is 6.55. The van der Waals surface area contributed by atoms with Gasteiger partial charge in [-0.05, 0) is 30.7 Å². The van der Waals surface area contributed by atoms with E-state index in [1.165, 1.54) is 18.2 Å². The van der Waals surface area contributed by atoms with Gasteiger partial charge in [0.15, 0.2) is 12.1 Å². The molecule has 1 aromatic carbocycles. The highest BCUT2D eigenvalue weighted by Gasteiger charge is 2.20. The first kappa shape index (κ1) is 15.7. The molecule has 0 aliphatic carbocycles. The molecular formula is C16H15FN2O3. The van der Waals surface area contributed by atoms with Gasteiger partial charge in [0.05, 0.1) is 11.9 Å². The van der Waals surface area contributed by atoms with E-state index < -0.39 is 12.2 Å². The van der Waals surface area contributed by atoms with Crippen molar-refractivity contribution >= 4 is 11.8 Å². The molecule has 0 amide bonds. The number of hydrogen-bond acceptors (Lipinski definition) is 4. The van der Waals surface area contributed by atoms with Crippen LogP contribution in [0.4, 0.5) is 4.39 Å². The van der Waals surface area contributed by atoms with Gasteiger partial charge in [-0.25, -0.2) is 24.5 Å². The number of rotatable bonds is 5. The molecule has 6 heteroatoms. The summed E-state index contributed by atoms with van der Waals surface area (Å²) in [7, 11) is 0. The van der Waals surface area contributed by atoms with Crippen LogP contribution in [0.3, 0.4) is 0 Å². The van der Waals surface area contributed by atoms with Crippen molar-refractivity contribution in [3.8, 4) is 0 Å². The molecule has 0 bridgehead atoms. The van der Waals surface area contributed by atoms with Crippen LogP contribution in [0, 0.1) is 0 Å². The van der Waals surface area contributed by atoms with Crippen LogP contribution in [0.25, 0.3) is 0 Å². The van der Waals surface area contributed by atoms with Gasteiger partial charge in [0.25, 0.3) is 0 Å². The number of benzene rings is 1. The lowest BCUT2D eigenvalue weighted by Crippen LogP contribution is -2.20. The highest BCUT2D eigenvalue weighted by atomic mass is 19.1. The van der Waals surface area contributed by atoms with Crippen LogP contribution in [-0.4, -0.2) is 23.1 Å². The van der Waals surface area contributed by atoms with E-state index in [4.69, 9.17) is 9.94 Å². The number of hydroxylamine groups is 1. The summed E-state index contributed by atoms with van der Waals surface area (Å²) in [6.45, 7) is 1.83. The van der Waals surface area contributed by atoms with Gasteiger partial charge in [-0.2, -0.15) is 0 Å². The van der Waals surface area contributed by atoms with E-state index in [9.17, 15) is 9.18 Å². The Balaban J connectivity index is 2.15. The maximum absolute atomic E-state index is 11.8. The van der Waals surface area contributed by atoms with Crippen LogP contribution in [0.15, 0.2) is 65.5 Å². The Hall–Kier alpha value is -2.73. The fourth-order valence-corrected chi connectivity index (χ4v) is 1.81. The zero-order chi connectivity index (χ0) is 15.9. The van der Waals surface area contributed by atoms with Gasteiger partial charge in [0.2, 0.25) is 0 Å². The van der Waals surface area contributed by atoms with Crippen molar-refractivity contribution < 1.29 is 19.1 Å². The van der Waals surface area contributed by atoms with Crippen LogP contribution in [-0.2, 0) is 4.84 Å². The third-order valence-electron chi connectivity index (χ3n) is 2.94. The Morgan fingerprint density at radius 1 is 1.41 bits per heavy atom. The van der Waals surface area contributed by atoms with E-state index in [1.807, 2.05) is 6.92 Å². The molecule has 0 fully saturated rings. The Morgan fingerprint density at radius 2 is 2.23 bits per heavy atom. The van der Waals surface area contributed by atoms with Crippen molar-refractivity contribution in [2.24, 2.45) is 4.99 Å². The number of nitrogens with zero attached hydrogens (tertiary/aromatic N) is 1. The van der Waals surface area contributed by atoms with Gasteiger partial charge < -0.3 is 5.11 Å². The lowest BCUT2D eigenvalue weighted by atomic mass is 10.1. The topological polar surface area (TPSA) is 70.9 Å². The number of aromatic carboxylic acids is 1. The molecule has 2 N–H and O–H groups in total. The van der Waals surface area contributed by atoms with Crippen LogP contribution in [0.5, 0.6) is 0 Å². The van der Waals surface area contributed by atoms with Crippen molar-refractivity contribution in [1.82, 2.24) is 5.48 Å². The molecule has 22 heavy (non-hydrogen) atoms. The second kappa shape index (κ2) is 7.33. The predicted octanol–water partition coefficient (Wildman–Crippen LogP) is 2.98. The van der Waals surface area contributed by atoms with Crippen molar-refractivity contribution in [2.45, 2.75) is 13.2 Å². The summed E-state index contributed by atoms with van der Waals surface area (Å²) in [6.07, 6.45) is 6.18. The van der Waals surface area contributed by atoms with Gasteiger partial charge in [0, 0.05) is 5.56 Å². The molecule has 1 atom stereocenters. The fourth-order valence-electron chi connectivity index (χ4n) is 1.81. The normalized spacial score (nSPS) is 18.7. The number of aliphatic imine (C=N–C) groups is 1. The number of hydrogen-bond donors (Lipinski definition) is 2. The SMILES string of the molecule is C\C(=C/C=C\C=C\F)C1N=C(c2cccc(C(=O)O)c2)NO1. The molecule has 2 rings (SSSR count). The van der Waals surface area contributed by atoms with Crippen LogP contribution >= 0.6 is 0 Å². The van der Waals surface area contributed by atoms with Crippen LogP contribution in [0.2, 0.25) is 0 Å². The quantitative estimate of drug-likeness (QED) is 0.820. The van der Waals surface area contributed by atoms with E-state index in [0.717, 1.165) is 5.57 Å². The number of nitrogens with one attached hydrogen (secondary N) is 1. The van der Waals surface area contributed by atoms with Crippen molar-refractivity contribution in [3.63, 3.8) is 0 Å². The Labute approximate surface area is 127 Å². The number of allylic oxidation sites excluding steroid dienone is 4. The summed E-state index contributed by atoms with van der Waals surface area (Å²) in [5, 5.41) is 8.99. The van der Waals surface area contributed by atoms with Gasteiger partial charge in [0.1, 0.15) is 0 Å². The standard InChI is InChI=1S/C16H15FN2O3/c1-11(6-3-2-4-9-17)15-18-14(19-22-15)12-7-5-8-13(10-12)16(20)21/h2-10,15H,1H3,(H,18,19)(H,20,21)/b3-2-,9-4+,11-6+. The molecule has 0 saturated carbocycles. The third kappa shape index (κ3) is 3.89. The van der Waals surface area contributed by atoms with E-state index in [1.54, 1.807) is 30.4 Å². The minimum absolute atomic E-state index is 0.179. The maximum atomic E-state index is 11.8. The van der Waals surface area contributed by atoms with Crippen molar-refractivity contribution in [3.05, 3.63) is 71.6 Å². The van der Waals surface area contributed by atoms with E-state index in [-0.39, 0.29) is 5.56 Å². The van der Waals surface area contributed by atoms with Crippen molar-refractivity contribution in [1.29, 1.82) is 0 Å². The Morgan fingerprint density at radius 3 is 2.95 bits per heavy atom. The molecule has 1 aromatic rings. The smallest absolute Gasteiger partial charge is 0.335 e. The number of halogens is 1. The molecule has 1 unspecified atom stereocenters. The van der Waals surface area contributed by atoms with E-state index in [0.29, 0.717) is 17.7 Å². The average molecular weight is 302 g/mol. The summed E-state index contributed by atoms with van der Waals surface area (Å²) < 4.78 is 11.8. The van der Waals surface area contributed by atoms with Crippen molar-refractivity contribution in [2.75, 3.05) is 0 Å². The second-order valence-electron chi connectivity index (χ2n) is 4.55. The monoisotopic (exact) mass is 302 g/mol. The largest absolute Gasteiger partial charge is 0.478 e. The molecule has 0 spiro atoms. The molecule has 0 radical (unpaired) electrons. The molecule has 1 aliphatic rings. The Bertz CT molecular complexity index is 678. The summed E-state index contributed by atoms with van der Waals surface area (Å²) in [4.78, 5) is 20.7.